The maximum absolute atomic E-state index is 13.4. The molecule has 0 aromatic rings. The number of carbonyl (C=O) groups is 2. The van der Waals surface area contributed by atoms with Gasteiger partial charge in [0.05, 0.1) is 33.8 Å². The number of amides is 1. The second kappa shape index (κ2) is 47.4. The number of allylic oxidation sites excluding steroid dienone is 1. The third-order valence-corrected chi connectivity index (χ3v) is 13.9. The number of rotatable bonds is 52. The van der Waals surface area contributed by atoms with E-state index in [1.807, 2.05) is 33.3 Å². The molecule has 392 valence electrons. The number of hydrogen-bond acceptors (Lipinski definition) is 7. The van der Waals surface area contributed by atoms with Crippen LogP contribution in [0.1, 0.15) is 284 Å². The topological polar surface area (TPSA) is 114 Å². The van der Waals surface area contributed by atoms with Crippen LogP contribution in [0.2, 0.25) is 0 Å². The van der Waals surface area contributed by atoms with E-state index in [2.05, 4.69) is 26.1 Å². The molecule has 1 amide bonds. The van der Waals surface area contributed by atoms with Crippen LogP contribution in [-0.2, 0) is 27.9 Å². The summed E-state index contributed by atoms with van der Waals surface area (Å²) in [5, 5.41) is 3.02. The molecule has 0 aromatic heterocycles. The average Bonchev–Trinajstić information content (AvgIpc) is 3.27. The normalized spacial score (nSPS) is 13.9. The minimum Gasteiger partial charge on any atom is -0.756 e. The van der Waals surface area contributed by atoms with Crippen LogP contribution in [0.4, 0.5) is 0 Å². The fraction of sp³-hybridized carbons (Fsp3) is 0.929. The van der Waals surface area contributed by atoms with Crippen LogP contribution in [0, 0.1) is 0 Å². The van der Waals surface area contributed by atoms with Crippen LogP contribution in [-0.4, -0.2) is 69.4 Å². The van der Waals surface area contributed by atoms with E-state index in [1.165, 1.54) is 193 Å². The molecule has 1 N–H and O–H groups in total. The molecule has 10 heteroatoms. The second-order valence-electron chi connectivity index (χ2n) is 20.8. The molecular weight excluding hydrogens is 844 g/mol. The van der Waals surface area contributed by atoms with Crippen molar-refractivity contribution in [2.24, 2.45) is 0 Å². The Kier molecular flexibility index (Phi) is 46.5. The van der Waals surface area contributed by atoms with E-state index in [1.54, 1.807) is 0 Å². The number of carbonyl (C=O) groups excluding carboxylic acids is 2. The molecule has 0 fully saturated rings. The highest BCUT2D eigenvalue weighted by Gasteiger charge is 2.27. The summed E-state index contributed by atoms with van der Waals surface area (Å²) in [5.41, 5.74) is 0. The van der Waals surface area contributed by atoms with Gasteiger partial charge in [0.1, 0.15) is 19.3 Å². The largest absolute Gasteiger partial charge is 0.756 e. The SMILES string of the molecule is CCCCCCCCCCCC/C=C\C(OC(=O)CCCCCCCCCCCCCCCCCCC)C(COP(=O)([O-])OCC[N+](C)(C)C)NC(=O)CCCCCCCCCCCCC. The van der Waals surface area contributed by atoms with Crippen LogP contribution in [0.3, 0.4) is 0 Å². The van der Waals surface area contributed by atoms with Crippen molar-refractivity contribution in [3.63, 3.8) is 0 Å². The molecule has 0 bridgehead atoms. The van der Waals surface area contributed by atoms with Crippen molar-refractivity contribution in [1.82, 2.24) is 5.32 Å². The van der Waals surface area contributed by atoms with Crippen molar-refractivity contribution in [2.45, 2.75) is 296 Å². The molecular formula is C56H111N2O7P. The van der Waals surface area contributed by atoms with Crippen molar-refractivity contribution in [3.8, 4) is 0 Å². The van der Waals surface area contributed by atoms with Gasteiger partial charge < -0.3 is 28.5 Å². The lowest BCUT2D eigenvalue weighted by Crippen LogP contribution is -2.47. The highest BCUT2D eigenvalue weighted by Crippen LogP contribution is 2.38. The highest BCUT2D eigenvalue weighted by atomic mass is 31.2. The standard InChI is InChI=1S/C56H111N2O7P/c1-7-10-13-16-19-22-25-27-28-29-30-31-34-37-40-43-46-49-56(60)65-54(47-44-41-38-35-33-26-23-20-17-14-11-8-2)53(52-64-66(61,62)63-51-50-58(4,5)6)57-55(59)48-45-42-39-36-32-24-21-18-15-12-9-3/h44,47,53-54H,7-43,45-46,48-52H2,1-6H3,(H-,57,59,61,62)/b47-44-. The molecule has 3 unspecified atom stereocenters. The molecule has 0 spiro atoms. The Balaban J connectivity index is 5.28. The smallest absolute Gasteiger partial charge is 0.306 e. The molecule has 0 aromatic carbocycles. The first kappa shape index (κ1) is 64.8. The molecule has 0 aliphatic heterocycles. The van der Waals surface area contributed by atoms with Crippen LogP contribution >= 0.6 is 7.82 Å². The molecule has 0 rings (SSSR count). The number of phosphoric acid groups is 1. The van der Waals surface area contributed by atoms with Gasteiger partial charge >= 0.3 is 5.97 Å². The van der Waals surface area contributed by atoms with Crippen LogP contribution in [0.5, 0.6) is 0 Å². The number of likely N-dealkylation sites (N-methyl/N-ethyl adjacent to an activating group) is 1. The number of nitrogens with one attached hydrogen (secondary N) is 1. The van der Waals surface area contributed by atoms with E-state index in [-0.39, 0.29) is 31.5 Å². The van der Waals surface area contributed by atoms with E-state index in [0.717, 1.165) is 57.8 Å². The van der Waals surface area contributed by atoms with Crippen molar-refractivity contribution in [3.05, 3.63) is 12.2 Å². The summed E-state index contributed by atoms with van der Waals surface area (Å²) in [6.07, 6.45) is 51.7. The lowest BCUT2D eigenvalue weighted by molar-refractivity contribution is -0.870. The predicted molar refractivity (Wildman–Crippen MR) is 280 cm³/mol. The Bertz CT molecular complexity index is 1150. The van der Waals surface area contributed by atoms with Crippen molar-refractivity contribution in [2.75, 3.05) is 40.9 Å². The summed E-state index contributed by atoms with van der Waals surface area (Å²) in [4.78, 5) is 39.7. The van der Waals surface area contributed by atoms with Crippen LogP contribution in [0.15, 0.2) is 12.2 Å². The maximum atomic E-state index is 13.4. The third-order valence-electron chi connectivity index (χ3n) is 13.0. The van der Waals surface area contributed by atoms with Crippen molar-refractivity contribution in [1.29, 1.82) is 0 Å². The molecule has 0 heterocycles. The molecule has 0 saturated heterocycles. The summed E-state index contributed by atoms with van der Waals surface area (Å²) in [6, 6.07) is -0.877. The summed E-state index contributed by atoms with van der Waals surface area (Å²) >= 11 is 0. The fourth-order valence-electron chi connectivity index (χ4n) is 8.52. The molecule has 0 aliphatic carbocycles. The van der Waals surface area contributed by atoms with Crippen molar-refractivity contribution >= 4 is 19.7 Å². The van der Waals surface area contributed by atoms with Gasteiger partial charge in [0.15, 0.2) is 0 Å². The van der Waals surface area contributed by atoms with Gasteiger partial charge in [-0.3, -0.25) is 14.2 Å². The van der Waals surface area contributed by atoms with Gasteiger partial charge in [0, 0.05) is 12.8 Å². The minimum atomic E-state index is -4.68. The zero-order chi connectivity index (χ0) is 48.7. The molecule has 3 atom stereocenters. The maximum Gasteiger partial charge on any atom is 0.306 e. The molecule has 0 radical (unpaired) electrons. The van der Waals surface area contributed by atoms with E-state index in [9.17, 15) is 19.0 Å². The summed E-state index contributed by atoms with van der Waals surface area (Å²) in [6.45, 7) is 6.86. The monoisotopic (exact) mass is 955 g/mol. The van der Waals surface area contributed by atoms with Gasteiger partial charge in [-0.15, -0.1) is 0 Å². The quantitative estimate of drug-likeness (QED) is 0.0212. The predicted octanol–water partition coefficient (Wildman–Crippen LogP) is 16.2. The van der Waals surface area contributed by atoms with E-state index in [0.29, 0.717) is 17.4 Å². The lowest BCUT2D eigenvalue weighted by atomic mass is 10.0. The number of quaternary nitrogens is 1. The lowest BCUT2D eigenvalue weighted by Gasteiger charge is -2.30. The minimum absolute atomic E-state index is 0.0172. The molecule has 0 aliphatic rings. The zero-order valence-corrected chi connectivity index (χ0v) is 45.6. The zero-order valence-electron chi connectivity index (χ0n) is 44.7. The van der Waals surface area contributed by atoms with Gasteiger partial charge in [-0.25, -0.2) is 0 Å². The molecule has 0 saturated carbocycles. The fourth-order valence-corrected chi connectivity index (χ4v) is 9.25. The molecule has 9 nitrogen and oxygen atoms in total. The van der Waals surface area contributed by atoms with Crippen molar-refractivity contribution < 1.29 is 37.3 Å². The first-order chi connectivity index (χ1) is 31.9. The molecule has 66 heavy (non-hydrogen) atoms. The second-order valence-corrected chi connectivity index (χ2v) is 22.2. The number of unbranched alkanes of at least 4 members (excludes halogenated alkanes) is 36. The Morgan fingerprint density at radius 2 is 0.864 bits per heavy atom. The van der Waals surface area contributed by atoms with E-state index >= 15 is 0 Å². The van der Waals surface area contributed by atoms with Gasteiger partial charge in [-0.05, 0) is 31.8 Å². The summed E-state index contributed by atoms with van der Waals surface area (Å²) < 4.78 is 30.2. The number of hydrogen-bond donors (Lipinski definition) is 1. The van der Waals surface area contributed by atoms with Gasteiger partial charge in [0.2, 0.25) is 5.91 Å². The van der Waals surface area contributed by atoms with Gasteiger partial charge in [-0.2, -0.15) is 0 Å². The number of phosphoric ester groups is 1. The number of esters is 1. The average molecular weight is 955 g/mol. The van der Waals surface area contributed by atoms with Crippen LogP contribution in [0.25, 0.3) is 0 Å². The highest BCUT2D eigenvalue weighted by molar-refractivity contribution is 7.45. The Morgan fingerprint density at radius 1 is 0.515 bits per heavy atom. The summed E-state index contributed by atoms with van der Waals surface area (Å²) in [5.74, 6) is -0.526. The summed E-state index contributed by atoms with van der Waals surface area (Å²) in [7, 11) is 1.20. The third kappa shape index (κ3) is 47.8. The van der Waals surface area contributed by atoms with Gasteiger partial charge in [0.25, 0.3) is 7.82 Å². The Morgan fingerprint density at radius 3 is 1.24 bits per heavy atom. The first-order valence-electron chi connectivity index (χ1n) is 28.5. The van der Waals surface area contributed by atoms with E-state index < -0.39 is 20.0 Å². The number of ether oxygens (including phenoxy) is 1. The number of nitrogens with zero attached hydrogens (tertiary/aromatic N) is 1. The van der Waals surface area contributed by atoms with Crippen LogP contribution < -0.4 is 10.2 Å². The van der Waals surface area contributed by atoms with E-state index in [4.69, 9.17) is 13.8 Å². The van der Waals surface area contributed by atoms with Gasteiger partial charge in [-0.1, -0.05) is 252 Å². The first-order valence-corrected chi connectivity index (χ1v) is 30.0. The Labute approximate surface area is 410 Å². The Hall–Kier alpha value is -1.25.